The highest BCUT2D eigenvalue weighted by molar-refractivity contribution is 5.49. The van der Waals surface area contributed by atoms with Crippen molar-refractivity contribution in [1.82, 2.24) is 24.4 Å². The Bertz CT molecular complexity index is 997. The van der Waals surface area contributed by atoms with E-state index in [1.165, 1.54) is 5.56 Å². The Labute approximate surface area is 158 Å². The van der Waals surface area contributed by atoms with Crippen LogP contribution in [0, 0.1) is 0 Å². The van der Waals surface area contributed by atoms with Gasteiger partial charge in [0.2, 0.25) is 0 Å². The van der Waals surface area contributed by atoms with Crippen LogP contribution in [0.3, 0.4) is 0 Å². The number of nitrogens with zero attached hydrogens (tertiary/aromatic N) is 4. The first-order chi connectivity index (χ1) is 12.9. The molecule has 3 aromatic rings. The molecule has 27 heavy (non-hydrogen) atoms. The van der Waals surface area contributed by atoms with Gasteiger partial charge in [0, 0.05) is 50.2 Å². The zero-order valence-electron chi connectivity index (χ0n) is 16.1. The van der Waals surface area contributed by atoms with Crippen LogP contribution in [0.2, 0.25) is 0 Å². The van der Waals surface area contributed by atoms with Crippen LogP contribution in [-0.4, -0.2) is 31.0 Å². The zero-order valence-corrected chi connectivity index (χ0v) is 16.1. The maximum absolute atomic E-state index is 12.6. The highest BCUT2D eigenvalue weighted by Gasteiger charge is 2.22. The lowest BCUT2D eigenvalue weighted by atomic mass is 10.1. The van der Waals surface area contributed by atoms with E-state index >= 15 is 0 Å². The van der Waals surface area contributed by atoms with Gasteiger partial charge >= 0.3 is 0 Å². The Morgan fingerprint density at radius 3 is 2.78 bits per heavy atom. The summed E-state index contributed by atoms with van der Waals surface area (Å²) in [7, 11) is 0. The standard InChI is InChI=1S/C21H25N5O/c1-21(2,3)26-11-7-15(13-26)12-25-10-8-17-16(14-25)20(27)24-19(23-17)18-6-4-5-9-22-18/h4-7,9,11,13H,8,10,12,14H2,1-3H3,(H,23,24,27). The molecule has 0 aliphatic carbocycles. The molecule has 1 aliphatic heterocycles. The fourth-order valence-electron chi connectivity index (χ4n) is 3.45. The van der Waals surface area contributed by atoms with Crippen LogP contribution >= 0.6 is 0 Å². The number of H-pyrrole nitrogens is 1. The third-order valence-electron chi connectivity index (χ3n) is 4.99. The van der Waals surface area contributed by atoms with Crippen LogP contribution in [0.25, 0.3) is 11.5 Å². The molecule has 0 atom stereocenters. The summed E-state index contributed by atoms with van der Waals surface area (Å²) < 4.78 is 2.23. The number of fused-ring (bicyclic) bond motifs is 1. The lowest BCUT2D eigenvalue weighted by Gasteiger charge is -2.27. The molecule has 1 N–H and O–H groups in total. The average Bonchev–Trinajstić information content (AvgIpc) is 3.12. The van der Waals surface area contributed by atoms with Crippen LogP contribution in [0.5, 0.6) is 0 Å². The van der Waals surface area contributed by atoms with Crippen molar-refractivity contribution in [3.63, 3.8) is 0 Å². The van der Waals surface area contributed by atoms with Crippen molar-refractivity contribution >= 4 is 0 Å². The number of hydrogen-bond acceptors (Lipinski definition) is 4. The summed E-state index contributed by atoms with van der Waals surface area (Å²) in [6.07, 6.45) is 6.81. The molecule has 6 heteroatoms. The van der Waals surface area contributed by atoms with Crippen molar-refractivity contribution in [2.75, 3.05) is 6.54 Å². The first kappa shape index (κ1) is 17.7. The Balaban J connectivity index is 1.54. The highest BCUT2D eigenvalue weighted by Crippen LogP contribution is 2.21. The fraction of sp³-hybridized carbons (Fsp3) is 0.381. The SMILES string of the molecule is CC(C)(C)n1ccc(CN2CCc3nc(-c4ccccn4)[nH]c(=O)c3C2)c1. The van der Waals surface area contributed by atoms with Gasteiger partial charge < -0.3 is 9.55 Å². The van der Waals surface area contributed by atoms with Gasteiger partial charge in [-0.3, -0.25) is 14.7 Å². The van der Waals surface area contributed by atoms with E-state index < -0.39 is 0 Å². The molecule has 140 valence electrons. The third kappa shape index (κ3) is 3.71. The maximum Gasteiger partial charge on any atom is 0.255 e. The predicted octanol–water partition coefficient (Wildman–Crippen LogP) is 2.95. The van der Waals surface area contributed by atoms with Crippen molar-refractivity contribution in [2.45, 2.75) is 45.8 Å². The molecule has 4 rings (SSSR count). The van der Waals surface area contributed by atoms with Gasteiger partial charge in [0.15, 0.2) is 5.82 Å². The Morgan fingerprint density at radius 2 is 2.07 bits per heavy atom. The molecule has 0 radical (unpaired) electrons. The van der Waals surface area contributed by atoms with E-state index in [4.69, 9.17) is 0 Å². The summed E-state index contributed by atoms with van der Waals surface area (Å²) >= 11 is 0. The number of nitrogens with one attached hydrogen (secondary N) is 1. The van der Waals surface area contributed by atoms with Gasteiger partial charge in [-0.15, -0.1) is 0 Å². The number of aromatic nitrogens is 4. The van der Waals surface area contributed by atoms with Crippen LogP contribution in [0.15, 0.2) is 47.7 Å². The molecule has 0 fully saturated rings. The van der Waals surface area contributed by atoms with Crippen LogP contribution < -0.4 is 5.56 Å². The molecular weight excluding hydrogens is 338 g/mol. The predicted molar refractivity (Wildman–Crippen MR) is 105 cm³/mol. The van der Waals surface area contributed by atoms with E-state index in [1.807, 2.05) is 18.2 Å². The lowest BCUT2D eigenvalue weighted by Crippen LogP contribution is -2.35. The molecular formula is C21H25N5O. The van der Waals surface area contributed by atoms with Crippen molar-refractivity contribution in [3.8, 4) is 11.5 Å². The monoisotopic (exact) mass is 363 g/mol. The summed E-state index contributed by atoms with van der Waals surface area (Å²) in [5.74, 6) is 0.551. The topological polar surface area (TPSA) is 66.8 Å². The molecule has 3 aromatic heterocycles. The number of rotatable bonds is 3. The van der Waals surface area contributed by atoms with E-state index in [1.54, 1.807) is 6.20 Å². The van der Waals surface area contributed by atoms with Gasteiger partial charge in [-0.1, -0.05) is 6.07 Å². The van der Waals surface area contributed by atoms with Crippen molar-refractivity contribution in [2.24, 2.45) is 0 Å². The van der Waals surface area contributed by atoms with E-state index in [9.17, 15) is 4.79 Å². The Morgan fingerprint density at radius 1 is 1.22 bits per heavy atom. The molecule has 6 nitrogen and oxygen atoms in total. The molecule has 0 aromatic carbocycles. The Kier molecular flexibility index (Phi) is 4.44. The largest absolute Gasteiger partial charge is 0.349 e. The number of hydrogen-bond donors (Lipinski definition) is 1. The van der Waals surface area contributed by atoms with Gasteiger partial charge in [0.1, 0.15) is 5.69 Å². The average molecular weight is 363 g/mol. The van der Waals surface area contributed by atoms with Crippen LogP contribution in [-0.2, 0) is 25.0 Å². The summed E-state index contributed by atoms with van der Waals surface area (Å²) in [6.45, 7) is 8.94. The van der Waals surface area contributed by atoms with Gasteiger partial charge in [0.05, 0.1) is 11.3 Å². The van der Waals surface area contributed by atoms with Crippen molar-refractivity contribution in [3.05, 3.63) is 70.0 Å². The minimum absolute atomic E-state index is 0.0578. The maximum atomic E-state index is 12.6. The third-order valence-corrected chi connectivity index (χ3v) is 4.99. The molecule has 1 aliphatic rings. The first-order valence-corrected chi connectivity index (χ1v) is 9.33. The molecule has 0 spiro atoms. The second kappa shape index (κ2) is 6.78. The summed E-state index contributed by atoms with van der Waals surface area (Å²) in [5, 5.41) is 0. The van der Waals surface area contributed by atoms with Gasteiger partial charge in [-0.25, -0.2) is 4.98 Å². The summed E-state index contributed by atoms with van der Waals surface area (Å²) in [6, 6.07) is 7.77. The molecule has 0 bridgehead atoms. The van der Waals surface area contributed by atoms with Gasteiger partial charge in [0.25, 0.3) is 5.56 Å². The highest BCUT2D eigenvalue weighted by atomic mass is 16.1. The smallest absolute Gasteiger partial charge is 0.255 e. The molecule has 4 heterocycles. The van der Waals surface area contributed by atoms with Crippen LogP contribution in [0.1, 0.15) is 37.6 Å². The minimum atomic E-state index is -0.0578. The second-order valence-corrected chi connectivity index (χ2v) is 8.11. The first-order valence-electron chi connectivity index (χ1n) is 9.33. The number of pyridine rings is 1. The van der Waals surface area contributed by atoms with Gasteiger partial charge in [-0.05, 0) is 44.5 Å². The minimum Gasteiger partial charge on any atom is -0.349 e. The van der Waals surface area contributed by atoms with Crippen molar-refractivity contribution < 1.29 is 0 Å². The fourth-order valence-corrected chi connectivity index (χ4v) is 3.45. The number of aromatic amines is 1. The van der Waals surface area contributed by atoms with Crippen LogP contribution in [0.4, 0.5) is 0 Å². The molecule has 0 amide bonds. The Hall–Kier alpha value is -2.73. The van der Waals surface area contributed by atoms with Gasteiger partial charge in [-0.2, -0.15) is 0 Å². The van der Waals surface area contributed by atoms with Crippen molar-refractivity contribution in [1.29, 1.82) is 0 Å². The van der Waals surface area contributed by atoms with E-state index in [-0.39, 0.29) is 11.1 Å². The molecule has 0 saturated carbocycles. The normalized spacial score (nSPS) is 14.9. The quantitative estimate of drug-likeness (QED) is 0.777. The lowest BCUT2D eigenvalue weighted by molar-refractivity contribution is 0.241. The molecule has 0 saturated heterocycles. The van der Waals surface area contributed by atoms with E-state index in [0.717, 1.165) is 30.8 Å². The van der Waals surface area contributed by atoms with E-state index in [0.29, 0.717) is 18.1 Å². The summed E-state index contributed by atoms with van der Waals surface area (Å²) in [5.41, 5.74) is 3.65. The second-order valence-electron chi connectivity index (χ2n) is 8.11. The molecule has 0 unspecified atom stereocenters. The summed E-state index contributed by atoms with van der Waals surface area (Å²) in [4.78, 5) is 26.8. The van der Waals surface area contributed by atoms with E-state index in [2.05, 4.69) is 63.7 Å². The zero-order chi connectivity index (χ0) is 19.0.